The molecule has 1 heterocycles. The van der Waals surface area contributed by atoms with Gasteiger partial charge in [0, 0.05) is 25.3 Å². The normalized spacial score (nSPS) is 23.1. The predicted molar refractivity (Wildman–Crippen MR) is 54.7 cm³/mol. The minimum absolute atomic E-state index is 0.0479. The van der Waals surface area contributed by atoms with Crippen LogP contribution in [0.1, 0.15) is 20.3 Å². The Kier molecular flexibility index (Phi) is 3.19. The molecule has 0 bridgehead atoms. The van der Waals surface area contributed by atoms with E-state index in [1.54, 1.807) is 4.90 Å². The van der Waals surface area contributed by atoms with Gasteiger partial charge in [-0.3, -0.25) is 4.79 Å². The molecule has 0 saturated carbocycles. The minimum Gasteiger partial charge on any atom is -0.341 e. The first-order valence-corrected chi connectivity index (χ1v) is 6.75. The zero-order chi connectivity index (χ0) is 10.9. The highest BCUT2D eigenvalue weighted by atomic mass is 32.2. The Morgan fingerprint density at radius 3 is 2.36 bits per heavy atom. The molecule has 1 rings (SSSR count). The van der Waals surface area contributed by atoms with Crippen molar-refractivity contribution in [3.8, 4) is 0 Å². The topological polar surface area (TPSA) is 54.5 Å². The summed E-state index contributed by atoms with van der Waals surface area (Å²) in [4.78, 5) is 13.2. The fraction of sp³-hybridized carbons (Fsp3) is 0.889. The molecule has 4 nitrogen and oxygen atoms in total. The Morgan fingerprint density at radius 1 is 1.43 bits per heavy atom. The maximum atomic E-state index is 11.5. The number of amides is 1. The van der Waals surface area contributed by atoms with Crippen molar-refractivity contribution in [2.24, 2.45) is 5.92 Å². The molecule has 0 aromatic heterocycles. The summed E-state index contributed by atoms with van der Waals surface area (Å²) in [6.07, 6.45) is 1.82. The lowest BCUT2D eigenvalue weighted by atomic mass is 10.2. The highest BCUT2D eigenvalue weighted by molar-refractivity contribution is 7.91. The van der Waals surface area contributed by atoms with Crippen LogP contribution >= 0.6 is 0 Å². The van der Waals surface area contributed by atoms with Crippen LogP contribution in [-0.4, -0.2) is 43.8 Å². The number of nitrogens with zero attached hydrogens (tertiary/aromatic N) is 1. The van der Waals surface area contributed by atoms with E-state index in [4.69, 9.17) is 0 Å². The van der Waals surface area contributed by atoms with Crippen LogP contribution in [0.4, 0.5) is 0 Å². The molecular formula is C9H17NO3S. The quantitative estimate of drug-likeness (QED) is 0.670. The van der Waals surface area contributed by atoms with Crippen molar-refractivity contribution in [3.05, 3.63) is 0 Å². The highest BCUT2D eigenvalue weighted by Crippen LogP contribution is 2.17. The van der Waals surface area contributed by atoms with E-state index >= 15 is 0 Å². The molecule has 0 spiro atoms. The van der Waals surface area contributed by atoms with E-state index in [-0.39, 0.29) is 17.1 Å². The van der Waals surface area contributed by atoms with Gasteiger partial charge in [0.05, 0.1) is 5.25 Å². The molecule has 1 atom stereocenters. The smallest absolute Gasteiger partial charge is 0.225 e. The molecule has 5 heteroatoms. The molecule has 1 amide bonds. The predicted octanol–water partition coefficient (Wildman–Crippen LogP) is 0.288. The molecule has 82 valence electrons. The van der Waals surface area contributed by atoms with Crippen molar-refractivity contribution < 1.29 is 13.2 Å². The third-order valence-electron chi connectivity index (χ3n) is 2.56. The Bertz CT molecular complexity index is 321. The zero-order valence-electron chi connectivity index (χ0n) is 8.86. The lowest BCUT2D eigenvalue weighted by molar-refractivity contribution is -0.133. The van der Waals surface area contributed by atoms with Gasteiger partial charge in [0.15, 0.2) is 9.84 Å². The Morgan fingerprint density at radius 2 is 2.00 bits per heavy atom. The first-order chi connectivity index (χ1) is 6.32. The monoisotopic (exact) mass is 219 g/mol. The summed E-state index contributed by atoms with van der Waals surface area (Å²) < 4.78 is 22.5. The molecule has 14 heavy (non-hydrogen) atoms. The van der Waals surface area contributed by atoms with Crippen molar-refractivity contribution in [1.29, 1.82) is 0 Å². The van der Waals surface area contributed by atoms with Gasteiger partial charge in [-0.1, -0.05) is 13.8 Å². The molecular weight excluding hydrogens is 202 g/mol. The van der Waals surface area contributed by atoms with Crippen LogP contribution in [-0.2, 0) is 14.6 Å². The Balaban J connectivity index is 2.63. The molecule has 0 aromatic rings. The molecule has 1 saturated heterocycles. The van der Waals surface area contributed by atoms with E-state index in [1.165, 1.54) is 6.26 Å². The summed E-state index contributed by atoms with van der Waals surface area (Å²) in [5.41, 5.74) is 0. The lowest BCUT2D eigenvalue weighted by Gasteiger charge is -2.18. The van der Waals surface area contributed by atoms with E-state index in [0.717, 1.165) is 0 Å². The van der Waals surface area contributed by atoms with Gasteiger partial charge in [-0.05, 0) is 6.42 Å². The second kappa shape index (κ2) is 3.88. The maximum Gasteiger partial charge on any atom is 0.225 e. The van der Waals surface area contributed by atoms with E-state index < -0.39 is 9.84 Å². The molecule has 0 radical (unpaired) electrons. The Hall–Kier alpha value is -0.580. The van der Waals surface area contributed by atoms with Crippen LogP contribution in [0.2, 0.25) is 0 Å². The number of hydrogen-bond donors (Lipinski definition) is 0. The second-order valence-electron chi connectivity index (χ2n) is 4.18. The average Bonchev–Trinajstić information content (AvgIpc) is 2.49. The van der Waals surface area contributed by atoms with Crippen molar-refractivity contribution in [1.82, 2.24) is 4.90 Å². The van der Waals surface area contributed by atoms with Crippen molar-refractivity contribution in [3.63, 3.8) is 0 Å². The Labute approximate surface area is 85.2 Å². The number of sulfone groups is 1. The van der Waals surface area contributed by atoms with Gasteiger partial charge < -0.3 is 4.90 Å². The summed E-state index contributed by atoms with van der Waals surface area (Å²) in [5.74, 6) is 0.00413. The molecule has 1 unspecified atom stereocenters. The highest BCUT2D eigenvalue weighted by Gasteiger charge is 2.32. The van der Waals surface area contributed by atoms with Crippen LogP contribution in [0, 0.1) is 5.92 Å². The maximum absolute atomic E-state index is 11.5. The van der Waals surface area contributed by atoms with E-state index in [1.807, 2.05) is 13.8 Å². The van der Waals surface area contributed by atoms with Crippen LogP contribution in [0.3, 0.4) is 0 Å². The average molecular weight is 219 g/mol. The SMILES string of the molecule is CC(C)C(=O)N1CCC(S(C)(=O)=O)C1. The van der Waals surface area contributed by atoms with Crippen LogP contribution in [0.5, 0.6) is 0 Å². The minimum atomic E-state index is -2.99. The second-order valence-corrected chi connectivity index (χ2v) is 6.50. The van der Waals surface area contributed by atoms with Gasteiger partial charge >= 0.3 is 0 Å². The van der Waals surface area contributed by atoms with Gasteiger partial charge in [0.1, 0.15) is 0 Å². The van der Waals surface area contributed by atoms with Gasteiger partial charge in [0.25, 0.3) is 0 Å². The van der Waals surface area contributed by atoms with Gasteiger partial charge in [-0.2, -0.15) is 0 Å². The fourth-order valence-electron chi connectivity index (χ4n) is 1.64. The van der Waals surface area contributed by atoms with Crippen molar-refractivity contribution in [2.45, 2.75) is 25.5 Å². The largest absolute Gasteiger partial charge is 0.341 e. The van der Waals surface area contributed by atoms with E-state index in [0.29, 0.717) is 19.5 Å². The van der Waals surface area contributed by atoms with E-state index in [2.05, 4.69) is 0 Å². The first-order valence-electron chi connectivity index (χ1n) is 4.80. The zero-order valence-corrected chi connectivity index (χ0v) is 9.67. The number of carbonyl (C=O) groups excluding carboxylic acids is 1. The van der Waals surface area contributed by atoms with Crippen LogP contribution in [0.25, 0.3) is 0 Å². The van der Waals surface area contributed by atoms with Gasteiger partial charge in [-0.25, -0.2) is 8.42 Å². The van der Waals surface area contributed by atoms with Crippen molar-refractivity contribution in [2.75, 3.05) is 19.3 Å². The third-order valence-corrected chi connectivity index (χ3v) is 4.15. The molecule has 1 aliphatic rings. The molecule has 1 fully saturated rings. The number of hydrogen-bond acceptors (Lipinski definition) is 3. The first kappa shape index (κ1) is 11.5. The van der Waals surface area contributed by atoms with Gasteiger partial charge in [-0.15, -0.1) is 0 Å². The molecule has 0 aliphatic carbocycles. The summed E-state index contributed by atoms with van der Waals surface area (Å²) >= 11 is 0. The summed E-state index contributed by atoms with van der Waals surface area (Å²) in [6.45, 7) is 4.61. The molecule has 1 aliphatic heterocycles. The number of rotatable bonds is 2. The van der Waals surface area contributed by atoms with Gasteiger partial charge in [0.2, 0.25) is 5.91 Å². The fourth-order valence-corrected chi connectivity index (χ4v) is 2.63. The summed E-state index contributed by atoms with van der Waals surface area (Å²) in [5, 5.41) is -0.356. The lowest BCUT2D eigenvalue weighted by Crippen LogP contribution is -2.34. The van der Waals surface area contributed by atoms with Crippen LogP contribution in [0.15, 0.2) is 0 Å². The standard InChI is InChI=1S/C9H17NO3S/c1-7(2)9(11)10-5-4-8(6-10)14(3,12)13/h7-8H,4-6H2,1-3H3. The number of carbonyl (C=O) groups is 1. The van der Waals surface area contributed by atoms with E-state index in [9.17, 15) is 13.2 Å². The van der Waals surface area contributed by atoms with Crippen LogP contribution < -0.4 is 0 Å². The number of likely N-dealkylation sites (tertiary alicyclic amines) is 1. The molecule has 0 N–H and O–H groups in total. The third kappa shape index (κ3) is 2.47. The summed E-state index contributed by atoms with van der Waals surface area (Å²) in [7, 11) is -2.99. The summed E-state index contributed by atoms with van der Waals surface area (Å²) in [6, 6.07) is 0. The molecule has 0 aromatic carbocycles. The van der Waals surface area contributed by atoms with Crippen molar-refractivity contribution >= 4 is 15.7 Å².